The summed E-state index contributed by atoms with van der Waals surface area (Å²) in [5, 5.41) is 6.23. The average Bonchev–Trinajstić information content (AvgIpc) is 2.96. The molecule has 1 amide bonds. The molecular weight excluding hydrogens is 345 g/mol. The lowest BCUT2D eigenvalue weighted by atomic mass is 9.95. The number of amides is 1. The Kier molecular flexibility index (Phi) is 11.1. The van der Waals surface area contributed by atoms with Crippen molar-refractivity contribution in [3.05, 3.63) is 0 Å². The number of thioether (sulfide) groups is 1. The van der Waals surface area contributed by atoms with E-state index in [1.54, 1.807) is 0 Å². The number of halogens is 2. The lowest BCUT2D eigenvalue weighted by molar-refractivity contribution is -0.125. The van der Waals surface area contributed by atoms with Gasteiger partial charge in [-0.25, -0.2) is 0 Å². The van der Waals surface area contributed by atoms with Gasteiger partial charge in [0.15, 0.2) is 0 Å². The van der Waals surface area contributed by atoms with Gasteiger partial charge in [-0.2, -0.15) is 11.8 Å². The Labute approximate surface area is 150 Å². The summed E-state index contributed by atoms with van der Waals surface area (Å²) in [5.74, 6) is 2.49. The van der Waals surface area contributed by atoms with Crippen molar-refractivity contribution in [1.82, 2.24) is 15.5 Å². The van der Waals surface area contributed by atoms with Gasteiger partial charge >= 0.3 is 0 Å². The van der Waals surface area contributed by atoms with Crippen LogP contribution in [0, 0.1) is 5.92 Å². The molecule has 132 valence electrons. The molecule has 0 radical (unpaired) electrons. The summed E-state index contributed by atoms with van der Waals surface area (Å²) in [5.41, 5.74) is 0.142. The number of carbonyl (C=O) groups is 1. The van der Waals surface area contributed by atoms with Crippen LogP contribution in [0.1, 0.15) is 13.3 Å². The molecule has 0 saturated carbocycles. The number of ether oxygens (including phenoxy) is 1. The Hall–Kier alpha value is 0.280. The van der Waals surface area contributed by atoms with Crippen LogP contribution in [0.4, 0.5) is 0 Å². The monoisotopic (exact) mass is 373 g/mol. The van der Waals surface area contributed by atoms with Crippen LogP contribution >= 0.6 is 36.6 Å². The third kappa shape index (κ3) is 5.73. The fourth-order valence-corrected chi connectivity index (χ4v) is 4.44. The molecule has 2 rings (SSSR count). The molecule has 2 heterocycles. The summed E-state index contributed by atoms with van der Waals surface area (Å²) in [6.45, 7) is 7.08. The quantitative estimate of drug-likeness (QED) is 0.727. The molecule has 0 bridgehead atoms. The second-order valence-electron chi connectivity index (χ2n) is 5.80. The van der Waals surface area contributed by atoms with Crippen molar-refractivity contribution >= 4 is 42.5 Å². The number of nitrogens with one attached hydrogen (secondary N) is 2. The van der Waals surface area contributed by atoms with Gasteiger partial charge in [-0.1, -0.05) is 6.92 Å². The first-order valence-electron chi connectivity index (χ1n) is 7.51. The van der Waals surface area contributed by atoms with E-state index in [1.165, 1.54) is 12.2 Å². The van der Waals surface area contributed by atoms with Gasteiger partial charge in [0, 0.05) is 43.4 Å². The van der Waals surface area contributed by atoms with Crippen LogP contribution in [0.5, 0.6) is 0 Å². The van der Waals surface area contributed by atoms with Crippen molar-refractivity contribution in [3.63, 3.8) is 0 Å². The van der Waals surface area contributed by atoms with Crippen LogP contribution in [0.3, 0.4) is 0 Å². The van der Waals surface area contributed by atoms with E-state index in [0.717, 1.165) is 45.1 Å². The molecule has 2 fully saturated rings. The van der Waals surface area contributed by atoms with Crippen molar-refractivity contribution in [1.29, 1.82) is 0 Å². The predicted octanol–water partition coefficient (Wildman–Crippen LogP) is 1.01. The third-order valence-corrected chi connectivity index (χ3v) is 5.55. The van der Waals surface area contributed by atoms with Crippen molar-refractivity contribution in [2.24, 2.45) is 5.92 Å². The summed E-state index contributed by atoms with van der Waals surface area (Å²) in [7, 11) is 1.88. The van der Waals surface area contributed by atoms with Crippen LogP contribution in [0.2, 0.25) is 0 Å². The third-order valence-electron chi connectivity index (χ3n) is 4.31. The summed E-state index contributed by atoms with van der Waals surface area (Å²) >= 11 is 2.00. The molecule has 2 atom stereocenters. The van der Waals surface area contributed by atoms with Crippen LogP contribution in [0.15, 0.2) is 0 Å². The maximum absolute atomic E-state index is 12.1. The summed E-state index contributed by atoms with van der Waals surface area (Å²) in [6.07, 6.45) is 1.17. The van der Waals surface area contributed by atoms with Crippen molar-refractivity contribution in [3.8, 4) is 0 Å². The highest BCUT2D eigenvalue weighted by Crippen LogP contribution is 2.33. The first kappa shape index (κ1) is 22.3. The molecule has 5 nitrogen and oxygen atoms in total. The molecule has 0 aliphatic carbocycles. The van der Waals surface area contributed by atoms with Crippen LogP contribution in [0.25, 0.3) is 0 Å². The highest BCUT2D eigenvalue weighted by molar-refractivity contribution is 7.99. The minimum absolute atomic E-state index is 0. The molecule has 2 aliphatic heterocycles. The fourth-order valence-electron chi connectivity index (χ4n) is 2.96. The van der Waals surface area contributed by atoms with Gasteiger partial charge in [0.2, 0.25) is 5.91 Å². The van der Waals surface area contributed by atoms with E-state index in [-0.39, 0.29) is 42.2 Å². The summed E-state index contributed by atoms with van der Waals surface area (Å²) in [4.78, 5) is 14.6. The van der Waals surface area contributed by atoms with Gasteiger partial charge in [0.05, 0.1) is 13.2 Å². The molecular formula is C14H29Cl2N3O2S. The molecule has 0 aromatic rings. The number of nitrogens with zero attached hydrogens (tertiary/aromatic N) is 1. The topological polar surface area (TPSA) is 53.6 Å². The Bertz CT molecular complexity index is 325. The van der Waals surface area contributed by atoms with Gasteiger partial charge in [0.1, 0.15) is 0 Å². The Balaban J connectivity index is 0.00000220. The smallest absolute Gasteiger partial charge is 0.224 e. The van der Waals surface area contributed by atoms with Crippen LogP contribution in [-0.4, -0.2) is 74.3 Å². The molecule has 22 heavy (non-hydrogen) atoms. The molecule has 2 saturated heterocycles. The first-order valence-corrected chi connectivity index (χ1v) is 8.66. The van der Waals surface area contributed by atoms with Crippen molar-refractivity contribution in [2.45, 2.75) is 18.9 Å². The number of morpholine rings is 1. The molecule has 2 N–H and O–H groups in total. The lowest BCUT2D eigenvalue weighted by Crippen LogP contribution is -2.59. The van der Waals surface area contributed by atoms with Gasteiger partial charge in [-0.05, 0) is 19.2 Å². The fraction of sp³-hybridized carbons (Fsp3) is 0.929. The van der Waals surface area contributed by atoms with Crippen molar-refractivity contribution in [2.75, 3.05) is 57.9 Å². The normalized spacial score (nSPS) is 26.6. The maximum Gasteiger partial charge on any atom is 0.224 e. The van der Waals surface area contributed by atoms with E-state index in [9.17, 15) is 4.79 Å². The molecule has 0 spiro atoms. The molecule has 2 aliphatic rings. The molecule has 0 aromatic carbocycles. The summed E-state index contributed by atoms with van der Waals surface area (Å²) in [6, 6.07) is 0. The van der Waals surface area contributed by atoms with Gasteiger partial charge in [-0.15, -0.1) is 24.8 Å². The van der Waals surface area contributed by atoms with E-state index in [2.05, 4.69) is 15.5 Å². The second kappa shape index (κ2) is 10.9. The Morgan fingerprint density at radius 1 is 1.36 bits per heavy atom. The van der Waals surface area contributed by atoms with Gasteiger partial charge in [-0.3, -0.25) is 9.69 Å². The number of carbonyl (C=O) groups excluding carboxylic acids is 1. The number of hydrogen-bond donors (Lipinski definition) is 2. The van der Waals surface area contributed by atoms with E-state index in [0.29, 0.717) is 0 Å². The first-order chi connectivity index (χ1) is 9.68. The Morgan fingerprint density at radius 2 is 2.05 bits per heavy atom. The zero-order valence-corrected chi connectivity index (χ0v) is 15.9. The minimum atomic E-state index is 0. The lowest BCUT2D eigenvalue weighted by Gasteiger charge is -2.43. The Morgan fingerprint density at radius 3 is 2.59 bits per heavy atom. The second-order valence-corrected chi connectivity index (χ2v) is 6.91. The molecule has 0 aromatic heterocycles. The molecule has 2 unspecified atom stereocenters. The van der Waals surface area contributed by atoms with E-state index >= 15 is 0 Å². The minimum Gasteiger partial charge on any atom is -0.379 e. The maximum atomic E-state index is 12.1. The highest BCUT2D eigenvalue weighted by atomic mass is 35.5. The average molecular weight is 374 g/mol. The summed E-state index contributed by atoms with van der Waals surface area (Å²) < 4.78 is 5.46. The SMILES string of the molecule is CNCC(C)C(=O)NCC1(N2CCOCC2)CCSC1.Cl.Cl. The van der Waals surface area contributed by atoms with Crippen LogP contribution in [-0.2, 0) is 9.53 Å². The standard InChI is InChI=1S/C14H27N3O2S.2ClH/c1-12(9-15-2)13(18)16-10-14(3-8-20-11-14)17-4-6-19-7-5-17;;/h12,15H,3-11H2,1-2H3,(H,16,18);2*1H. The largest absolute Gasteiger partial charge is 0.379 e. The van der Waals surface area contributed by atoms with E-state index in [4.69, 9.17) is 4.74 Å². The van der Waals surface area contributed by atoms with Gasteiger partial charge in [0.25, 0.3) is 0 Å². The molecule has 8 heteroatoms. The van der Waals surface area contributed by atoms with E-state index in [1.807, 2.05) is 25.7 Å². The highest BCUT2D eigenvalue weighted by Gasteiger charge is 2.40. The van der Waals surface area contributed by atoms with E-state index < -0.39 is 0 Å². The zero-order valence-electron chi connectivity index (χ0n) is 13.4. The number of hydrogen-bond acceptors (Lipinski definition) is 5. The van der Waals surface area contributed by atoms with Crippen molar-refractivity contribution < 1.29 is 9.53 Å². The van der Waals surface area contributed by atoms with Gasteiger partial charge < -0.3 is 15.4 Å². The predicted molar refractivity (Wildman–Crippen MR) is 97.7 cm³/mol. The number of rotatable bonds is 6. The van der Waals surface area contributed by atoms with Crippen LogP contribution < -0.4 is 10.6 Å². The zero-order chi connectivity index (χ0) is 14.4.